The molecule has 2 rings (SSSR count). The van der Waals surface area contributed by atoms with Crippen LogP contribution in [0.25, 0.3) is 0 Å². The number of nitrogens with one attached hydrogen (secondary N) is 2. The van der Waals surface area contributed by atoms with Crippen molar-refractivity contribution in [2.24, 2.45) is 11.8 Å². The van der Waals surface area contributed by atoms with Crippen molar-refractivity contribution < 1.29 is 10.0 Å². The van der Waals surface area contributed by atoms with Crippen LogP contribution in [-0.4, -0.2) is 27.2 Å². The summed E-state index contributed by atoms with van der Waals surface area (Å²) >= 11 is 0. The fourth-order valence-corrected chi connectivity index (χ4v) is 2.53. The summed E-state index contributed by atoms with van der Waals surface area (Å²) in [5, 5.41) is 24.4. The van der Waals surface area contributed by atoms with E-state index in [9.17, 15) is 15.2 Å². The van der Waals surface area contributed by atoms with Gasteiger partial charge in [0.2, 0.25) is 5.82 Å². The molecule has 0 bridgehead atoms. The van der Waals surface area contributed by atoms with E-state index < -0.39 is 10.5 Å². The van der Waals surface area contributed by atoms with Crippen LogP contribution in [0.3, 0.4) is 0 Å². The molecule has 0 spiro atoms. The van der Waals surface area contributed by atoms with Gasteiger partial charge in [0, 0.05) is 12.6 Å². The Morgan fingerprint density at radius 1 is 1.52 bits per heavy atom. The molecule has 8 nitrogen and oxygen atoms in total. The van der Waals surface area contributed by atoms with E-state index in [1.165, 1.54) is 12.1 Å². The fourth-order valence-electron chi connectivity index (χ4n) is 2.53. The monoisotopic (exact) mass is 295 g/mol. The van der Waals surface area contributed by atoms with Crippen molar-refractivity contribution in [1.29, 1.82) is 0 Å². The van der Waals surface area contributed by atoms with Crippen LogP contribution < -0.4 is 16.6 Å². The number of aliphatic hydroxyl groups is 1. The molecule has 5 N–H and O–H groups in total. The van der Waals surface area contributed by atoms with Gasteiger partial charge in [-0.3, -0.25) is 10.1 Å². The molecule has 0 unspecified atom stereocenters. The van der Waals surface area contributed by atoms with E-state index in [2.05, 4.69) is 22.7 Å². The van der Waals surface area contributed by atoms with E-state index in [0.717, 1.165) is 12.8 Å². The van der Waals surface area contributed by atoms with Crippen molar-refractivity contribution in [3.8, 4) is 0 Å². The predicted molar refractivity (Wildman–Crippen MR) is 79.8 cm³/mol. The number of nitrogens with two attached hydrogens (primary N) is 1. The molecule has 0 atom stereocenters. The lowest BCUT2D eigenvalue weighted by atomic mass is 9.79. The van der Waals surface area contributed by atoms with E-state index >= 15 is 0 Å². The van der Waals surface area contributed by atoms with Gasteiger partial charge >= 0.3 is 5.69 Å². The lowest BCUT2D eigenvalue weighted by molar-refractivity contribution is -0.384. The number of hydrogen-bond acceptors (Lipinski definition) is 7. The molecular formula is C13H21N5O3. The van der Waals surface area contributed by atoms with Gasteiger partial charge in [-0.05, 0) is 37.7 Å². The molecule has 1 aliphatic rings. The predicted octanol–water partition coefficient (Wildman–Crippen LogP) is 1.63. The highest BCUT2D eigenvalue weighted by molar-refractivity contribution is 5.60. The quantitative estimate of drug-likeness (QED) is 0.369. The van der Waals surface area contributed by atoms with Gasteiger partial charge in [0.1, 0.15) is 5.82 Å². The van der Waals surface area contributed by atoms with Crippen LogP contribution in [0.2, 0.25) is 0 Å². The number of nitro groups is 1. The molecule has 8 heteroatoms. The van der Waals surface area contributed by atoms with Crippen molar-refractivity contribution in [1.82, 2.24) is 4.98 Å². The van der Waals surface area contributed by atoms with Crippen molar-refractivity contribution in [3.05, 3.63) is 22.2 Å². The number of aromatic nitrogens is 1. The lowest BCUT2D eigenvalue weighted by Gasteiger charge is -2.35. The number of nitrogen functional groups attached to an aromatic ring is 1. The van der Waals surface area contributed by atoms with Crippen LogP contribution in [-0.2, 0) is 0 Å². The zero-order valence-corrected chi connectivity index (χ0v) is 12.0. The van der Waals surface area contributed by atoms with Crippen molar-refractivity contribution in [3.63, 3.8) is 0 Å². The summed E-state index contributed by atoms with van der Waals surface area (Å²) in [5.41, 5.74) is 1.37. The Balaban J connectivity index is 2.09. The van der Waals surface area contributed by atoms with E-state index in [1.807, 2.05) is 0 Å². The van der Waals surface area contributed by atoms with Crippen LogP contribution in [0.5, 0.6) is 0 Å². The number of hydrogen-bond donors (Lipinski definition) is 4. The van der Waals surface area contributed by atoms with Gasteiger partial charge in [-0.25, -0.2) is 10.8 Å². The minimum absolute atomic E-state index is 0.113. The molecule has 21 heavy (non-hydrogen) atoms. The first-order valence-corrected chi connectivity index (χ1v) is 7.02. The van der Waals surface area contributed by atoms with Crippen LogP contribution in [0.15, 0.2) is 12.1 Å². The van der Waals surface area contributed by atoms with Gasteiger partial charge in [0.15, 0.2) is 0 Å². The first-order chi connectivity index (χ1) is 9.93. The van der Waals surface area contributed by atoms with Crippen molar-refractivity contribution in [2.75, 3.05) is 17.3 Å². The Morgan fingerprint density at radius 3 is 2.76 bits per heavy atom. The normalized spacial score (nSPS) is 25.4. The lowest BCUT2D eigenvalue weighted by Crippen LogP contribution is -2.40. The first-order valence-electron chi connectivity index (χ1n) is 7.02. The van der Waals surface area contributed by atoms with Gasteiger partial charge in [0.05, 0.1) is 10.5 Å². The van der Waals surface area contributed by atoms with Gasteiger partial charge < -0.3 is 15.8 Å². The smallest absolute Gasteiger partial charge is 0.311 e. The Labute approximate surface area is 122 Å². The number of nitrogens with zero attached hydrogens (tertiary/aromatic N) is 2. The Hall–Kier alpha value is -1.93. The molecule has 1 fully saturated rings. The van der Waals surface area contributed by atoms with Gasteiger partial charge in [-0.1, -0.05) is 6.92 Å². The number of hydrazine groups is 1. The Bertz CT molecular complexity index is 515. The molecule has 1 aromatic heterocycles. The van der Waals surface area contributed by atoms with Crippen molar-refractivity contribution in [2.45, 2.75) is 38.2 Å². The Kier molecular flexibility index (Phi) is 4.59. The largest absolute Gasteiger partial charge is 0.388 e. The van der Waals surface area contributed by atoms with Crippen LogP contribution in [0, 0.1) is 16.0 Å². The van der Waals surface area contributed by atoms with E-state index in [-0.39, 0.29) is 18.1 Å². The maximum absolute atomic E-state index is 11.0. The number of anilines is 2. The zero-order valence-electron chi connectivity index (χ0n) is 12.0. The number of rotatable bonds is 5. The molecule has 0 aliphatic heterocycles. The molecule has 1 aromatic rings. The third kappa shape index (κ3) is 3.79. The van der Waals surface area contributed by atoms with Gasteiger partial charge in [-0.2, -0.15) is 0 Å². The Morgan fingerprint density at radius 2 is 2.19 bits per heavy atom. The van der Waals surface area contributed by atoms with Gasteiger partial charge in [0.25, 0.3) is 0 Å². The summed E-state index contributed by atoms with van der Waals surface area (Å²) in [6, 6.07) is 2.76. The van der Waals surface area contributed by atoms with Crippen LogP contribution >= 0.6 is 0 Å². The molecule has 1 aliphatic carbocycles. The second kappa shape index (κ2) is 6.23. The van der Waals surface area contributed by atoms with Gasteiger partial charge in [-0.15, -0.1) is 0 Å². The summed E-state index contributed by atoms with van der Waals surface area (Å²) in [6.07, 6.45) is 3.28. The molecular weight excluding hydrogens is 274 g/mol. The average Bonchev–Trinajstić information content (AvgIpc) is 2.48. The van der Waals surface area contributed by atoms with Crippen LogP contribution in [0.4, 0.5) is 17.3 Å². The molecule has 0 saturated heterocycles. The summed E-state index contributed by atoms with van der Waals surface area (Å²) in [4.78, 5) is 14.5. The summed E-state index contributed by atoms with van der Waals surface area (Å²) < 4.78 is 0. The third-order valence-electron chi connectivity index (χ3n) is 4.01. The average molecular weight is 295 g/mol. The zero-order chi connectivity index (χ0) is 15.5. The molecule has 0 amide bonds. The summed E-state index contributed by atoms with van der Waals surface area (Å²) in [5.74, 6) is 6.32. The molecule has 116 valence electrons. The second-order valence-corrected chi connectivity index (χ2v) is 5.73. The van der Waals surface area contributed by atoms with E-state index in [4.69, 9.17) is 5.84 Å². The molecule has 1 saturated carbocycles. The minimum Gasteiger partial charge on any atom is -0.388 e. The van der Waals surface area contributed by atoms with Crippen LogP contribution in [0.1, 0.15) is 32.6 Å². The molecule has 1 heterocycles. The maximum atomic E-state index is 11.0. The summed E-state index contributed by atoms with van der Waals surface area (Å²) in [6.45, 7) is 2.40. The maximum Gasteiger partial charge on any atom is 0.311 e. The van der Waals surface area contributed by atoms with Crippen molar-refractivity contribution >= 4 is 17.3 Å². The SMILES string of the molecule is CC1CCC(O)(CNc2nc(NN)ccc2[N+](=O)[O-])CC1. The molecule has 0 radical (unpaired) electrons. The fraction of sp³-hybridized carbons (Fsp3) is 0.615. The highest BCUT2D eigenvalue weighted by Crippen LogP contribution is 2.32. The van der Waals surface area contributed by atoms with E-state index in [1.54, 1.807) is 0 Å². The highest BCUT2D eigenvalue weighted by atomic mass is 16.6. The number of pyridine rings is 1. The molecule has 0 aromatic carbocycles. The summed E-state index contributed by atoms with van der Waals surface area (Å²) in [7, 11) is 0. The minimum atomic E-state index is -0.839. The highest BCUT2D eigenvalue weighted by Gasteiger charge is 2.32. The standard InChI is InChI=1S/C13H21N5O3/c1-9-4-6-13(19,7-5-9)8-15-12-10(18(20)21)2-3-11(16-12)17-14/h2-3,9,19H,4-8,14H2,1H3,(H2,15,16,17). The second-order valence-electron chi connectivity index (χ2n) is 5.73. The van der Waals surface area contributed by atoms with E-state index in [0.29, 0.717) is 24.6 Å². The first kappa shape index (κ1) is 15.5. The topological polar surface area (TPSA) is 126 Å². The third-order valence-corrected chi connectivity index (χ3v) is 4.01.